The zero-order valence-corrected chi connectivity index (χ0v) is 19.8. The minimum atomic E-state index is -0.172. The third kappa shape index (κ3) is 3.64. The number of carbonyl (C=O) groups excluding carboxylic acids is 1. The number of carbonyl (C=O) groups is 1. The molecule has 4 fully saturated rings. The Morgan fingerprint density at radius 3 is 2.38 bits per heavy atom. The number of aliphatic hydroxyl groups excluding tert-OH is 1. The van der Waals surface area contributed by atoms with Gasteiger partial charge in [0.1, 0.15) is 5.78 Å². The summed E-state index contributed by atoms with van der Waals surface area (Å²) in [5.74, 6) is 4.93. The molecule has 0 bridgehead atoms. The van der Waals surface area contributed by atoms with Crippen LogP contribution in [0.3, 0.4) is 0 Å². The van der Waals surface area contributed by atoms with Crippen molar-refractivity contribution in [2.75, 3.05) is 0 Å². The van der Waals surface area contributed by atoms with Gasteiger partial charge in [0.05, 0.1) is 6.10 Å². The molecule has 4 aliphatic rings. The molecule has 4 saturated carbocycles. The average molecular weight is 403 g/mol. The number of ketones is 1. The van der Waals surface area contributed by atoms with Gasteiger partial charge in [-0.15, -0.1) is 0 Å². The number of aliphatic hydroxyl groups is 1. The van der Waals surface area contributed by atoms with Crippen molar-refractivity contribution in [1.29, 1.82) is 0 Å². The highest BCUT2D eigenvalue weighted by Gasteiger charge is 2.62. The van der Waals surface area contributed by atoms with E-state index < -0.39 is 0 Å². The third-order valence-corrected chi connectivity index (χ3v) is 10.6. The van der Waals surface area contributed by atoms with Crippen molar-refractivity contribution in [3.63, 3.8) is 0 Å². The number of hydrogen-bond acceptors (Lipinski definition) is 2. The molecule has 1 N–H and O–H groups in total. The first kappa shape index (κ1) is 21.8. The van der Waals surface area contributed by atoms with Crippen molar-refractivity contribution in [2.45, 2.75) is 111 Å². The zero-order chi connectivity index (χ0) is 21.0. The fourth-order valence-corrected chi connectivity index (χ4v) is 8.93. The van der Waals surface area contributed by atoms with Crippen LogP contribution in [0.5, 0.6) is 0 Å². The summed E-state index contributed by atoms with van der Waals surface area (Å²) >= 11 is 0. The normalized spacial score (nSPS) is 48.2. The lowest BCUT2D eigenvalue weighted by molar-refractivity contribution is -0.160. The van der Waals surface area contributed by atoms with Crippen molar-refractivity contribution >= 4 is 5.78 Å². The largest absolute Gasteiger partial charge is 0.393 e. The molecule has 0 radical (unpaired) electrons. The molecule has 29 heavy (non-hydrogen) atoms. The third-order valence-electron chi connectivity index (χ3n) is 10.6. The van der Waals surface area contributed by atoms with Gasteiger partial charge >= 0.3 is 0 Å². The summed E-state index contributed by atoms with van der Waals surface area (Å²) in [4.78, 5) is 13.5. The van der Waals surface area contributed by atoms with E-state index in [1.807, 2.05) is 0 Å². The Hall–Kier alpha value is -0.370. The smallest absolute Gasteiger partial charge is 0.136 e. The summed E-state index contributed by atoms with van der Waals surface area (Å²) in [5, 5.41) is 10.2. The van der Waals surface area contributed by atoms with Crippen molar-refractivity contribution in [3.8, 4) is 0 Å². The van der Waals surface area contributed by atoms with E-state index in [2.05, 4.69) is 34.6 Å². The molecule has 4 rings (SSSR count). The lowest BCUT2D eigenvalue weighted by Crippen LogP contribution is -2.57. The fourth-order valence-electron chi connectivity index (χ4n) is 8.93. The number of rotatable bonds is 5. The lowest BCUT2D eigenvalue weighted by Gasteiger charge is -2.60. The number of hydrogen-bond donors (Lipinski definition) is 1. The molecule has 0 aromatic carbocycles. The first-order valence-corrected chi connectivity index (χ1v) is 12.9. The van der Waals surface area contributed by atoms with E-state index in [9.17, 15) is 9.90 Å². The number of fused-ring (bicyclic) bond motifs is 5. The molecule has 0 aromatic heterocycles. The molecule has 0 heterocycles. The lowest BCUT2D eigenvalue weighted by atomic mass is 9.44. The average Bonchev–Trinajstić information content (AvgIpc) is 3.00. The van der Waals surface area contributed by atoms with Gasteiger partial charge in [-0.25, -0.2) is 0 Å². The van der Waals surface area contributed by atoms with Crippen LogP contribution in [0.2, 0.25) is 0 Å². The van der Waals surface area contributed by atoms with Crippen molar-refractivity contribution in [2.24, 2.45) is 52.3 Å². The van der Waals surface area contributed by atoms with Gasteiger partial charge in [0, 0.05) is 12.3 Å². The van der Waals surface area contributed by atoms with E-state index in [0.717, 1.165) is 43.4 Å². The van der Waals surface area contributed by atoms with E-state index in [1.165, 1.54) is 44.9 Å². The first-order chi connectivity index (χ1) is 13.7. The predicted molar refractivity (Wildman–Crippen MR) is 119 cm³/mol. The highest BCUT2D eigenvalue weighted by atomic mass is 16.3. The van der Waals surface area contributed by atoms with Crippen molar-refractivity contribution in [3.05, 3.63) is 0 Å². The molecule has 0 spiro atoms. The fraction of sp³-hybridized carbons (Fsp3) is 0.963. The SMILES string of the molecule is CC(C)CCC[C@@H](C)[C@H]1CC[C@H]2[C@@H]3C(=O)C[C@H]4C[C@@H](O)CC[C@]4(C)[C@H]3CC[C@]12C. The quantitative estimate of drug-likeness (QED) is 0.559. The Kier molecular flexibility index (Phi) is 5.99. The summed E-state index contributed by atoms with van der Waals surface area (Å²) in [6.45, 7) is 12.2. The van der Waals surface area contributed by atoms with Crippen LogP contribution in [0.15, 0.2) is 0 Å². The molecule has 0 saturated heterocycles. The zero-order valence-electron chi connectivity index (χ0n) is 19.8. The molecule has 0 aromatic rings. The van der Waals surface area contributed by atoms with Crippen LogP contribution in [0.25, 0.3) is 0 Å². The van der Waals surface area contributed by atoms with Crippen LogP contribution >= 0.6 is 0 Å². The number of Topliss-reactive ketones (excluding diaryl/α,β-unsaturated/α-hetero) is 1. The summed E-state index contributed by atoms with van der Waals surface area (Å²) in [6.07, 6.45) is 12.8. The summed E-state index contributed by atoms with van der Waals surface area (Å²) in [6, 6.07) is 0. The van der Waals surface area contributed by atoms with E-state index >= 15 is 0 Å². The highest BCUT2D eigenvalue weighted by molar-refractivity contribution is 5.83. The first-order valence-electron chi connectivity index (χ1n) is 12.9. The standard InChI is InChI=1S/C27H46O2/c1-17(2)7-6-8-18(3)21-9-10-22-25-23(12-14-27(21,22)5)26(4)13-11-20(28)15-19(26)16-24(25)29/h17-23,25,28H,6-16H2,1-5H3/t18-,19-,20+,21-,22+,23+,25+,26+,27-/m1/s1. The monoisotopic (exact) mass is 402 g/mol. The molecule has 0 unspecified atom stereocenters. The van der Waals surface area contributed by atoms with E-state index in [-0.39, 0.29) is 6.10 Å². The van der Waals surface area contributed by atoms with Crippen molar-refractivity contribution < 1.29 is 9.90 Å². The molecule has 0 aliphatic heterocycles. The Morgan fingerprint density at radius 1 is 0.966 bits per heavy atom. The van der Waals surface area contributed by atoms with Gasteiger partial charge in [0.15, 0.2) is 0 Å². The highest BCUT2D eigenvalue weighted by Crippen LogP contribution is 2.67. The van der Waals surface area contributed by atoms with Gasteiger partial charge < -0.3 is 5.11 Å². The van der Waals surface area contributed by atoms with Crippen LogP contribution in [0.1, 0.15) is 105 Å². The summed E-state index contributed by atoms with van der Waals surface area (Å²) in [5.41, 5.74) is 0.672. The van der Waals surface area contributed by atoms with Gasteiger partial charge in [0.25, 0.3) is 0 Å². The van der Waals surface area contributed by atoms with Gasteiger partial charge in [-0.2, -0.15) is 0 Å². The molecule has 0 amide bonds. The minimum absolute atomic E-state index is 0.172. The second kappa shape index (κ2) is 7.95. The van der Waals surface area contributed by atoms with Gasteiger partial charge in [-0.1, -0.05) is 53.9 Å². The second-order valence-corrected chi connectivity index (χ2v) is 12.6. The minimum Gasteiger partial charge on any atom is -0.393 e. The van der Waals surface area contributed by atoms with Gasteiger partial charge in [-0.3, -0.25) is 4.79 Å². The van der Waals surface area contributed by atoms with E-state index in [0.29, 0.717) is 40.3 Å². The molecule has 166 valence electrons. The maximum atomic E-state index is 13.5. The molecule has 9 atom stereocenters. The second-order valence-electron chi connectivity index (χ2n) is 12.6. The van der Waals surface area contributed by atoms with Gasteiger partial charge in [0.2, 0.25) is 0 Å². The topological polar surface area (TPSA) is 37.3 Å². The Labute approximate surface area is 179 Å². The molecule has 2 nitrogen and oxygen atoms in total. The Bertz CT molecular complexity index is 612. The van der Waals surface area contributed by atoms with Crippen LogP contribution < -0.4 is 0 Å². The van der Waals surface area contributed by atoms with Gasteiger partial charge in [-0.05, 0) is 91.3 Å². The molecule has 2 heteroatoms. The maximum Gasteiger partial charge on any atom is 0.136 e. The van der Waals surface area contributed by atoms with Crippen LogP contribution in [0, 0.1) is 52.3 Å². The maximum absolute atomic E-state index is 13.5. The summed E-state index contributed by atoms with van der Waals surface area (Å²) in [7, 11) is 0. The van der Waals surface area contributed by atoms with Crippen molar-refractivity contribution in [1.82, 2.24) is 0 Å². The predicted octanol–water partition coefficient (Wildman–Crippen LogP) is 6.65. The van der Waals surface area contributed by atoms with E-state index in [4.69, 9.17) is 0 Å². The molecular formula is C27H46O2. The molecular weight excluding hydrogens is 356 g/mol. The Morgan fingerprint density at radius 2 is 1.66 bits per heavy atom. The Balaban J connectivity index is 1.51. The molecule has 4 aliphatic carbocycles. The van der Waals surface area contributed by atoms with Crippen LogP contribution in [-0.2, 0) is 4.79 Å². The van der Waals surface area contributed by atoms with E-state index in [1.54, 1.807) is 0 Å². The van der Waals surface area contributed by atoms with Crippen LogP contribution in [0.4, 0.5) is 0 Å². The van der Waals surface area contributed by atoms with Crippen LogP contribution in [-0.4, -0.2) is 17.0 Å². The summed E-state index contributed by atoms with van der Waals surface area (Å²) < 4.78 is 0.